The van der Waals surface area contributed by atoms with Crippen molar-refractivity contribution in [3.05, 3.63) is 23.7 Å². The van der Waals surface area contributed by atoms with E-state index >= 15 is 0 Å². The summed E-state index contributed by atoms with van der Waals surface area (Å²) in [5.74, 6) is -0.393. The molecule has 0 atom stereocenters. The lowest BCUT2D eigenvalue weighted by atomic mass is 10.5. The molecule has 0 fully saturated rings. The van der Waals surface area contributed by atoms with E-state index in [9.17, 15) is 9.36 Å². The molecule has 0 aromatic carbocycles. The molecule has 0 aromatic rings. The molecule has 4 heteroatoms. The normalized spacial score (nSPS) is 13.2. The van der Waals surface area contributed by atoms with Gasteiger partial charge >= 0.3 is 5.97 Å². The molecule has 0 radical (unpaired) electrons. The summed E-state index contributed by atoms with van der Waals surface area (Å²) in [5.41, 5.74) is 0. The fourth-order valence-electron chi connectivity index (χ4n) is 1.17. The van der Waals surface area contributed by atoms with Crippen molar-refractivity contribution >= 4 is 13.1 Å². The van der Waals surface area contributed by atoms with E-state index in [1.807, 2.05) is 20.8 Å². The molecule has 0 aliphatic heterocycles. The minimum atomic E-state index is -2.37. The van der Waals surface area contributed by atoms with E-state index in [0.29, 0.717) is 17.6 Å². The Kier molecular flexibility index (Phi) is 6.26. The van der Waals surface area contributed by atoms with Crippen molar-refractivity contribution in [3.8, 4) is 0 Å². The number of allylic oxidation sites excluding steroid dienone is 3. The third-order valence-electron chi connectivity index (χ3n) is 2.18. The summed E-state index contributed by atoms with van der Waals surface area (Å²) < 4.78 is 17.1. The van der Waals surface area contributed by atoms with Crippen LogP contribution in [0.5, 0.6) is 0 Å². The van der Waals surface area contributed by atoms with Gasteiger partial charge in [0.05, 0.1) is 0 Å². The molecule has 15 heavy (non-hydrogen) atoms. The van der Waals surface area contributed by atoms with Crippen LogP contribution in [0.2, 0.25) is 0 Å². The molecule has 0 aliphatic carbocycles. The van der Waals surface area contributed by atoms with Crippen LogP contribution in [0.3, 0.4) is 0 Å². The number of ether oxygens (including phenoxy) is 1. The zero-order valence-electron chi connectivity index (χ0n) is 9.82. The van der Waals surface area contributed by atoms with Gasteiger partial charge in [0.25, 0.3) is 0 Å². The molecule has 0 saturated carbocycles. The Labute approximate surface area is 91.6 Å². The first kappa shape index (κ1) is 14.2. The van der Waals surface area contributed by atoms with Crippen LogP contribution in [0.25, 0.3) is 0 Å². The highest BCUT2D eigenvalue weighted by Gasteiger charge is 2.21. The molecule has 0 heterocycles. The molecule has 0 saturated heterocycles. The molecule has 0 amide bonds. The number of hydrogen-bond donors (Lipinski definition) is 0. The van der Waals surface area contributed by atoms with E-state index < -0.39 is 13.1 Å². The average Bonchev–Trinajstić information content (AvgIpc) is 2.22. The van der Waals surface area contributed by atoms with Crippen molar-refractivity contribution in [1.29, 1.82) is 0 Å². The Morgan fingerprint density at radius 1 is 1.33 bits per heavy atom. The molecular formula is C11H19O3P. The summed E-state index contributed by atoms with van der Waals surface area (Å²) in [5, 5.41) is 0.630. The molecule has 3 nitrogen and oxygen atoms in total. The first-order valence-electron chi connectivity index (χ1n) is 5.08. The summed E-state index contributed by atoms with van der Waals surface area (Å²) in [6.45, 7) is 6.94. The number of esters is 1. The number of rotatable bonds is 5. The zero-order chi connectivity index (χ0) is 11.9. The average molecular weight is 230 g/mol. The predicted molar refractivity (Wildman–Crippen MR) is 63.4 cm³/mol. The number of carbonyl (C=O) groups excluding carboxylic acids is 1. The fraction of sp³-hybridized carbons (Fsp3) is 0.545. The summed E-state index contributed by atoms with van der Waals surface area (Å²) in [7, 11) is -2.37. The Morgan fingerprint density at radius 3 is 2.20 bits per heavy atom. The van der Waals surface area contributed by atoms with Crippen molar-refractivity contribution in [1.82, 2.24) is 0 Å². The van der Waals surface area contributed by atoms with E-state index in [1.165, 1.54) is 13.2 Å². The van der Waals surface area contributed by atoms with E-state index in [2.05, 4.69) is 0 Å². The number of hydrogen-bond acceptors (Lipinski definition) is 3. The van der Waals surface area contributed by atoms with Gasteiger partial charge in [-0.2, -0.15) is 0 Å². The molecule has 0 bridgehead atoms. The summed E-state index contributed by atoms with van der Waals surface area (Å²) in [6.07, 6.45) is 6.03. The monoisotopic (exact) mass is 230 g/mol. The molecule has 0 spiro atoms. The van der Waals surface area contributed by atoms with Gasteiger partial charge in [-0.1, -0.05) is 26.0 Å². The zero-order valence-corrected chi connectivity index (χ0v) is 10.7. The standard InChI is InChI=1S/C11H19O3P/c1-5-8-11(9-14-10(4)12)15(13,6-2)7-3/h5,8-9H,6-7H2,1-4H3/b8-5+,11-9+. The van der Waals surface area contributed by atoms with E-state index in [4.69, 9.17) is 4.74 Å². The smallest absolute Gasteiger partial charge is 0.307 e. The summed E-state index contributed by atoms with van der Waals surface area (Å²) >= 11 is 0. The molecule has 86 valence electrons. The third-order valence-corrected chi connectivity index (χ3v) is 5.41. The molecule has 0 rings (SSSR count). The highest BCUT2D eigenvalue weighted by molar-refractivity contribution is 7.68. The van der Waals surface area contributed by atoms with Crippen LogP contribution >= 0.6 is 7.14 Å². The highest BCUT2D eigenvalue weighted by atomic mass is 31.2. The lowest BCUT2D eigenvalue weighted by Crippen LogP contribution is -1.96. The van der Waals surface area contributed by atoms with Crippen LogP contribution < -0.4 is 0 Å². The first-order valence-corrected chi connectivity index (χ1v) is 7.16. The maximum absolute atomic E-state index is 12.3. The third kappa shape index (κ3) is 4.48. The Balaban J connectivity index is 5.03. The van der Waals surface area contributed by atoms with E-state index in [0.717, 1.165) is 0 Å². The second-order valence-corrected chi connectivity index (χ2v) is 6.73. The van der Waals surface area contributed by atoms with Gasteiger partial charge in [-0.3, -0.25) is 4.79 Å². The predicted octanol–water partition coefficient (Wildman–Crippen LogP) is 3.37. The van der Waals surface area contributed by atoms with Gasteiger partial charge in [0.1, 0.15) is 13.4 Å². The molecular weight excluding hydrogens is 211 g/mol. The van der Waals surface area contributed by atoms with Crippen molar-refractivity contribution < 1.29 is 14.1 Å². The van der Waals surface area contributed by atoms with Crippen molar-refractivity contribution in [3.63, 3.8) is 0 Å². The topological polar surface area (TPSA) is 43.4 Å². The van der Waals surface area contributed by atoms with Gasteiger partial charge in [0, 0.05) is 24.6 Å². The quantitative estimate of drug-likeness (QED) is 0.315. The van der Waals surface area contributed by atoms with Gasteiger partial charge in [-0.15, -0.1) is 0 Å². The van der Waals surface area contributed by atoms with Crippen LogP contribution in [-0.2, 0) is 14.1 Å². The van der Waals surface area contributed by atoms with Crippen LogP contribution in [0.15, 0.2) is 23.7 Å². The maximum Gasteiger partial charge on any atom is 0.307 e. The Bertz CT molecular complexity index is 308. The van der Waals surface area contributed by atoms with Crippen LogP contribution in [0.4, 0.5) is 0 Å². The Morgan fingerprint density at radius 2 is 1.87 bits per heavy atom. The van der Waals surface area contributed by atoms with Crippen molar-refractivity contribution in [2.24, 2.45) is 0 Å². The first-order chi connectivity index (χ1) is 7.00. The molecule has 0 aromatic heterocycles. The molecule has 0 N–H and O–H groups in total. The fourth-order valence-corrected chi connectivity index (χ4v) is 3.02. The second kappa shape index (κ2) is 6.62. The van der Waals surface area contributed by atoms with Gasteiger partial charge in [0.15, 0.2) is 0 Å². The SMILES string of the molecule is C/C=C/C(=C\OC(C)=O)P(=O)(CC)CC. The van der Waals surface area contributed by atoms with Gasteiger partial charge in [-0.05, 0) is 6.92 Å². The lowest BCUT2D eigenvalue weighted by molar-refractivity contribution is -0.135. The highest BCUT2D eigenvalue weighted by Crippen LogP contribution is 2.53. The summed E-state index contributed by atoms with van der Waals surface area (Å²) in [6, 6.07) is 0. The largest absolute Gasteiger partial charge is 0.434 e. The van der Waals surface area contributed by atoms with Gasteiger partial charge < -0.3 is 9.30 Å². The molecule has 0 aliphatic rings. The minimum absolute atomic E-state index is 0.393. The summed E-state index contributed by atoms with van der Waals surface area (Å²) in [4.78, 5) is 10.7. The van der Waals surface area contributed by atoms with Crippen LogP contribution in [0, 0.1) is 0 Å². The van der Waals surface area contributed by atoms with E-state index in [1.54, 1.807) is 12.2 Å². The van der Waals surface area contributed by atoms with Gasteiger partial charge in [0.2, 0.25) is 0 Å². The van der Waals surface area contributed by atoms with Crippen LogP contribution in [0.1, 0.15) is 27.7 Å². The molecule has 0 unspecified atom stereocenters. The number of carbonyl (C=O) groups is 1. The van der Waals surface area contributed by atoms with Gasteiger partial charge in [-0.25, -0.2) is 0 Å². The van der Waals surface area contributed by atoms with Crippen LogP contribution in [-0.4, -0.2) is 18.3 Å². The lowest BCUT2D eigenvalue weighted by Gasteiger charge is -2.14. The second-order valence-electron chi connectivity index (χ2n) is 3.17. The Hall–Kier alpha value is -0.820. The van der Waals surface area contributed by atoms with Crippen molar-refractivity contribution in [2.45, 2.75) is 27.7 Å². The minimum Gasteiger partial charge on any atom is -0.434 e. The maximum atomic E-state index is 12.3. The van der Waals surface area contributed by atoms with E-state index in [-0.39, 0.29) is 0 Å². The van der Waals surface area contributed by atoms with Crippen molar-refractivity contribution in [2.75, 3.05) is 12.3 Å².